The molecule has 0 aliphatic rings. The molecule has 0 radical (unpaired) electrons. The number of ether oxygens (including phenoxy) is 1. The molecule has 0 heterocycles. The Hall–Kier alpha value is -1.02. The molecule has 1 aromatic rings. The first-order valence-electron chi connectivity index (χ1n) is 8.96. The molecule has 144 valence electrons. The minimum atomic E-state index is 0. The number of unbranched alkanes of at least 4 members (excludes halogenated alkanes) is 1. The van der Waals surface area contributed by atoms with Crippen LogP contribution in [0.3, 0.4) is 0 Å². The van der Waals surface area contributed by atoms with Crippen LogP contribution >= 0.6 is 24.0 Å². The van der Waals surface area contributed by atoms with E-state index in [-0.39, 0.29) is 24.0 Å². The first-order chi connectivity index (χ1) is 11.6. The lowest BCUT2D eigenvalue weighted by Crippen LogP contribution is -2.38. The minimum absolute atomic E-state index is 0. The Morgan fingerprint density at radius 2 is 1.72 bits per heavy atom. The molecular weight excluding hydrogens is 427 g/mol. The van der Waals surface area contributed by atoms with Crippen LogP contribution in [0, 0.1) is 0 Å². The number of guanidine groups is 1. The van der Waals surface area contributed by atoms with Crippen molar-refractivity contribution in [3.05, 3.63) is 30.3 Å². The van der Waals surface area contributed by atoms with Gasteiger partial charge in [0.05, 0.1) is 6.61 Å². The van der Waals surface area contributed by atoms with Gasteiger partial charge in [0.1, 0.15) is 5.75 Å². The molecular formula is C19H35IN4O. The van der Waals surface area contributed by atoms with Crippen LogP contribution in [0.25, 0.3) is 0 Å². The highest BCUT2D eigenvalue weighted by Gasteiger charge is 2.02. The van der Waals surface area contributed by atoms with Gasteiger partial charge in [0.25, 0.3) is 0 Å². The van der Waals surface area contributed by atoms with E-state index in [1.165, 1.54) is 6.42 Å². The predicted octanol–water partition coefficient (Wildman–Crippen LogP) is 3.36. The molecule has 0 spiro atoms. The van der Waals surface area contributed by atoms with Gasteiger partial charge in [0.2, 0.25) is 0 Å². The lowest BCUT2D eigenvalue weighted by Gasteiger charge is -2.20. The van der Waals surface area contributed by atoms with E-state index in [0.29, 0.717) is 12.6 Å². The molecule has 0 aliphatic heterocycles. The van der Waals surface area contributed by atoms with E-state index in [1.54, 1.807) is 0 Å². The van der Waals surface area contributed by atoms with Crippen molar-refractivity contribution in [2.24, 2.45) is 4.99 Å². The third-order valence-electron chi connectivity index (χ3n) is 3.96. The number of nitrogens with zero attached hydrogens (tertiary/aromatic N) is 2. The average Bonchev–Trinajstić information content (AvgIpc) is 2.60. The summed E-state index contributed by atoms with van der Waals surface area (Å²) in [7, 11) is 3.98. The lowest BCUT2D eigenvalue weighted by atomic mass is 10.2. The van der Waals surface area contributed by atoms with Crippen molar-refractivity contribution >= 4 is 29.9 Å². The second-order valence-corrected chi connectivity index (χ2v) is 6.22. The molecule has 6 heteroatoms. The van der Waals surface area contributed by atoms with Crippen molar-refractivity contribution in [3.8, 4) is 5.75 Å². The van der Waals surface area contributed by atoms with Crippen LogP contribution in [0.15, 0.2) is 35.3 Å². The Morgan fingerprint density at radius 3 is 2.32 bits per heavy atom. The van der Waals surface area contributed by atoms with Crippen molar-refractivity contribution in [3.63, 3.8) is 0 Å². The fourth-order valence-corrected chi connectivity index (χ4v) is 2.16. The van der Waals surface area contributed by atoms with Crippen molar-refractivity contribution < 1.29 is 4.74 Å². The maximum Gasteiger partial charge on any atom is 0.190 e. The molecule has 0 unspecified atom stereocenters. The van der Waals surface area contributed by atoms with Crippen LogP contribution in [-0.2, 0) is 0 Å². The number of rotatable bonds is 11. The Balaban J connectivity index is 0.00000576. The van der Waals surface area contributed by atoms with Gasteiger partial charge in [-0.05, 0) is 58.8 Å². The summed E-state index contributed by atoms with van der Waals surface area (Å²) in [6, 6.07) is 10.5. The smallest absolute Gasteiger partial charge is 0.190 e. The van der Waals surface area contributed by atoms with E-state index in [2.05, 4.69) is 41.4 Å². The van der Waals surface area contributed by atoms with Crippen LogP contribution in [0.2, 0.25) is 0 Å². The highest BCUT2D eigenvalue weighted by atomic mass is 127. The molecule has 1 rings (SSSR count). The standard InChI is InChI=1S/C19H34N4O.HI/c1-17(2)23(4)15-9-8-13-21-19(20-3)22-14-10-16-24-18-11-6-5-7-12-18;/h5-7,11-12,17H,8-10,13-16H2,1-4H3,(H2,20,21,22);1H. The zero-order chi connectivity index (χ0) is 17.6. The molecule has 0 fully saturated rings. The maximum absolute atomic E-state index is 5.67. The molecule has 5 nitrogen and oxygen atoms in total. The fraction of sp³-hybridized carbons (Fsp3) is 0.632. The SMILES string of the molecule is CN=C(NCCCCN(C)C(C)C)NCCCOc1ccccc1.I. The molecule has 0 atom stereocenters. The van der Waals surface area contributed by atoms with E-state index in [0.717, 1.165) is 44.2 Å². The Labute approximate surface area is 170 Å². The first-order valence-corrected chi connectivity index (χ1v) is 8.96. The molecule has 0 aromatic heterocycles. The van der Waals surface area contributed by atoms with E-state index >= 15 is 0 Å². The molecule has 25 heavy (non-hydrogen) atoms. The second-order valence-electron chi connectivity index (χ2n) is 6.22. The van der Waals surface area contributed by atoms with Crippen molar-refractivity contribution in [2.75, 3.05) is 40.3 Å². The van der Waals surface area contributed by atoms with E-state index in [1.807, 2.05) is 37.4 Å². The molecule has 0 saturated carbocycles. The van der Waals surface area contributed by atoms with E-state index < -0.39 is 0 Å². The summed E-state index contributed by atoms with van der Waals surface area (Å²) in [5, 5.41) is 6.68. The largest absolute Gasteiger partial charge is 0.494 e. The monoisotopic (exact) mass is 462 g/mol. The predicted molar refractivity (Wildman–Crippen MR) is 118 cm³/mol. The molecule has 0 saturated heterocycles. The highest BCUT2D eigenvalue weighted by Crippen LogP contribution is 2.07. The fourth-order valence-electron chi connectivity index (χ4n) is 2.16. The van der Waals surface area contributed by atoms with Crippen LogP contribution in [0.4, 0.5) is 0 Å². The van der Waals surface area contributed by atoms with Gasteiger partial charge in [-0.15, -0.1) is 24.0 Å². The third-order valence-corrected chi connectivity index (χ3v) is 3.96. The van der Waals surface area contributed by atoms with Crippen LogP contribution in [-0.4, -0.2) is 57.2 Å². The highest BCUT2D eigenvalue weighted by molar-refractivity contribution is 14.0. The van der Waals surface area contributed by atoms with Crippen LogP contribution in [0.1, 0.15) is 33.1 Å². The van der Waals surface area contributed by atoms with E-state index in [4.69, 9.17) is 4.74 Å². The van der Waals surface area contributed by atoms with Gasteiger partial charge in [-0.25, -0.2) is 0 Å². The average molecular weight is 462 g/mol. The maximum atomic E-state index is 5.67. The number of para-hydroxylation sites is 1. The normalized spacial score (nSPS) is 11.4. The quantitative estimate of drug-likeness (QED) is 0.229. The van der Waals surface area contributed by atoms with Crippen molar-refractivity contribution in [1.29, 1.82) is 0 Å². The van der Waals surface area contributed by atoms with Gasteiger partial charge < -0.3 is 20.3 Å². The van der Waals surface area contributed by atoms with Crippen molar-refractivity contribution in [2.45, 2.75) is 39.2 Å². The number of halogens is 1. The zero-order valence-corrected chi connectivity index (χ0v) is 18.5. The summed E-state index contributed by atoms with van der Waals surface area (Å²) >= 11 is 0. The number of aliphatic imine (C=N–C) groups is 1. The van der Waals surface area contributed by atoms with Gasteiger partial charge in [-0.1, -0.05) is 18.2 Å². The number of nitrogens with one attached hydrogen (secondary N) is 2. The molecule has 0 aliphatic carbocycles. The van der Waals surface area contributed by atoms with Gasteiger partial charge in [-0.3, -0.25) is 4.99 Å². The van der Waals surface area contributed by atoms with Gasteiger partial charge >= 0.3 is 0 Å². The topological polar surface area (TPSA) is 48.9 Å². The summed E-state index contributed by atoms with van der Waals surface area (Å²) in [4.78, 5) is 6.62. The first kappa shape index (κ1) is 24.0. The van der Waals surface area contributed by atoms with E-state index in [9.17, 15) is 0 Å². The molecule has 0 bridgehead atoms. The Bertz CT molecular complexity index is 454. The lowest BCUT2D eigenvalue weighted by molar-refractivity contribution is 0.268. The van der Waals surface area contributed by atoms with Crippen LogP contribution in [0.5, 0.6) is 5.75 Å². The summed E-state index contributed by atoms with van der Waals surface area (Å²) < 4.78 is 5.67. The summed E-state index contributed by atoms with van der Waals surface area (Å²) in [5.74, 6) is 1.79. The molecule has 0 amide bonds. The Kier molecular flexibility index (Phi) is 14.6. The zero-order valence-electron chi connectivity index (χ0n) is 16.1. The second kappa shape index (κ2) is 15.3. The summed E-state index contributed by atoms with van der Waals surface area (Å²) in [5.41, 5.74) is 0. The third kappa shape index (κ3) is 12.0. The summed E-state index contributed by atoms with van der Waals surface area (Å²) in [6.07, 6.45) is 3.28. The molecule has 2 N–H and O–H groups in total. The van der Waals surface area contributed by atoms with Crippen LogP contribution < -0.4 is 15.4 Å². The van der Waals surface area contributed by atoms with Crippen molar-refractivity contribution in [1.82, 2.24) is 15.5 Å². The number of hydrogen-bond donors (Lipinski definition) is 2. The number of hydrogen-bond acceptors (Lipinski definition) is 3. The van der Waals surface area contributed by atoms with Gasteiger partial charge in [0, 0.05) is 26.2 Å². The number of benzene rings is 1. The van der Waals surface area contributed by atoms with Gasteiger partial charge in [-0.2, -0.15) is 0 Å². The van der Waals surface area contributed by atoms with Gasteiger partial charge in [0.15, 0.2) is 5.96 Å². The summed E-state index contributed by atoms with van der Waals surface area (Å²) in [6.45, 7) is 8.10. The Morgan fingerprint density at radius 1 is 1.08 bits per heavy atom. The molecule has 1 aromatic carbocycles. The minimum Gasteiger partial charge on any atom is -0.494 e.